The van der Waals surface area contributed by atoms with Crippen molar-refractivity contribution in [2.75, 3.05) is 0 Å². The largest absolute Gasteiger partial charge is 0.412 e. The number of rotatable bonds is 4. The van der Waals surface area contributed by atoms with Crippen molar-refractivity contribution in [1.29, 1.82) is 0 Å². The molecule has 3 rings (SSSR count). The van der Waals surface area contributed by atoms with Crippen molar-refractivity contribution >= 4 is 5.91 Å². The molecule has 8 heteroatoms. The summed E-state index contributed by atoms with van der Waals surface area (Å²) in [6.45, 7) is 1.87. The highest BCUT2D eigenvalue weighted by Crippen LogP contribution is 2.33. The van der Waals surface area contributed by atoms with Crippen LogP contribution in [0.25, 0.3) is 5.69 Å². The molecule has 0 radical (unpaired) electrons. The molecule has 1 N–H and O–H groups in total. The van der Waals surface area contributed by atoms with E-state index in [1.807, 2.05) is 12.2 Å². The molecule has 1 amide bonds. The van der Waals surface area contributed by atoms with E-state index in [0.29, 0.717) is 5.69 Å². The molecule has 0 spiro atoms. The van der Waals surface area contributed by atoms with E-state index in [1.54, 1.807) is 29.2 Å². The van der Waals surface area contributed by atoms with Gasteiger partial charge in [-0.15, -0.1) is 0 Å². The number of benzene rings is 2. The SMILES string of the molecule is Cc1cnn(-c2ccc(C(=O)NC(c3ccc(F)cc3)C(F)(F)F)cc2)c1. The molecule has 140 valence electrons. The van der Waals surface area contributed by atoms with E-state index < -0.39 is 23.9 Å². The fraction of sp³-hybridized carbons (Fsp3) is 0.158. The smallest absolute Gasteiger partial charge is 0.337 e. The summed E-state index contributed by atoms with van der Waals surface area (Å²) >= 11 is 0. The number of hydrogen-bond donors (Lipinski definition) is 1. The number of carbonyl (C=O) groups is 1. The number of amides is 1. The second-order valence-electron chi connectivity index (χ2n) is 6.01. The fourth-order valence-corrected chi connectivity index (χ4v) is 2.54. The van der Waals surface area contributed by atoms with Gasteiger partial charge in [-0.3, -0.25) is 4.79 Å². The van der Waals surface area contributed by atoms with Gasteiger partial charge in [-0.05, 0) is 54.4 Å². The Labute approximate surface area is 152 Å². The Morgan fingerprint density at radius 1 is 1.07 bits per heavy atom. The highest BCUT2D eigenvalue weighted by atomic mass is 19.4. The summed E-state index contributed by atoms with van der Waals surface area (Å²) < 4.78 is 54.6. The molecule has 2 aromatic carbocycles. The molecule has 4 nitrogen and oxygen atoms in total. The first-order valence-corrected chi connectivity index (χ1v) is 7.99. The van der Waals surface area contributed by atoms with Crippen molar-refractivity contribution in [3.8, 4) is 5.69 Å². The van der Waals surface area contributed by atoms with Crippen molar-refractivity contribution < 1.29 is 22.4 Å². The zero-order valence-corrected chi connectivity index (χ0v) is 14.2. The van der Waals surface area contributed by atoms with Gasteiger partial charge in [0.25, 0.3) is 5.91 Å². The molecule has 3 aromatic rings. The van der Waals surface area contributed by atoms with Gasteiger partial charge in [0.2, 0.25) is 0 Å². The maximum atomic E-state index is 13.4. The zero-order valence-electron chi connectivity index (χ0n) is 14.2. The van der Waals surface area contributed by atoms with Crippen LogP contribution in [0, 0.1) is 12.7 Å². The molecule has 1 aromatic heterocycles. The van der Waals surface area contributed by atoms with Crippen LogP contribution in [0.3, 0.4) is 0 Å². The van der Waals surface area contributed by atoms with Crippen LogP contribution in [0.1, 0.15) is 27.5 Å². The third-order valence-electron chi connectivity index (χ3n) is 3.91. The Morgan fingerprint density at radius 2 is 1.70 bits per heavy atom. The van der Waals surface area contributed by atoms with E-state index in [0.717, 1.165) is 29.8 Å². The highest BCUT2D eigenvalue weighted by molar-refractivity contribution is 5.94. The highest BCUT2D eigenvalue weighted by Gasteiger charge is 2.42. The van der Waals surface area contributed by atoms with Crippen LogP contribution in [0.4, 0.5) is 17.6 Å². The Hall–Kier alpha value is -3.16. The summed E-state index contributed by atoms with van der Waals surface area (Å²) in [4.78, 5) is 12.3. The van der Waals surface area contributed by atoms with Crippen molar-refractivity contribution in [3.63, 3.8) is 0 Å². The van der Waals surface area contributed by atoms with Gasteiger partial charge in [-0.2, -0.15) is 18.3 Å². The first kappa shape index (κ1) is 18.6. The Kier molecular flexibility index (Phi) is 4.98. The van der Waals surface area contributed by atoms with Crippen molar-refractivity contribution in [2.24, 2.45) is 0 Å². The number of halogens is 4. The zero-order chi connectivity index (χ0) is 19.6. The monoisotopic (exact) mass is 377 g/mol. The molecule has 0 aliphatic rings. The molecule has 0 saturated carbocycles. The van der Waals surface area contributed by atoms with Crippen molar-refractivity contribution in [3.05, 3.63) is 83.4 Å². The summed E-state index contributed by atoms with van der Waals surface area (Å²) in [6.07, 6.45) is -1.28. The van der Waals surface area contributed by atoms with Gasteiger partial charge in [0.1, 0.15) is 5.82 Å². The fourth-order valence-electron chi connectivity index (χ4n) is 2.54. The van der Waals surface area contributed by atoms with Crippen LogP contribution in [0.5, 0.6) is 0 Å². The number of aryl methyl sites for hydroxylation is 1. The predicted molar refractivity (Wildman–Crippen MR) is 91.0 cm³/mol. The second-order valence-corrected chi connectivity index (χ2v) is 6.01. The lowest BCUT2D eigenvalue weighted by Gasteiger charge is -2.22. The minimum atomic E-state index is -4.72. The minimum Gasteiger partial charge on any atom is -0.337 e. The minimum absolute atomic E-state index is 0.0685. The van der Waals surface area contributed by atoms with Crippen molar-refractivity contribution in [1.82, 2.24) is 15.1 Å². The number of nitrogens with one attached hydrogen (secondary N) is 1. The first-order valence-electron chi connectivity index (χ1n) is 7.99. The van der Waals surface area contributed by atoms with Gasteiger partial charge in [0, 0.05) is 11.8 Å². The number of nitrogens with zero attached hydrogens (tertiary/aromatic N) is 2. The molecule has 0 saturated heterocycles. The normalized spacial score (nSPS) is 12.6. The Morgan fingerprint density at radius 3 is 2.22 bits per heavy atom. The van der Waals surface area contributed by atoms with Crippen molar-refractivity contribution in [2.45, 2.75) is 19.1 Å². The summed E-state index contributed by atoms with van der Waals surface area (Å²) in [5, 5.41) is 6.09. The molecule has 1 heterocycles. The van der Waals surface area contributed by atoms with Crippen LogP contribution >= 0.6 is 0 Å². The van der Waals surface area contributed by atoms with Crippen LogP contribution in [0.2, 0.25) is 0 Å². The van der Waals surface area contributed by atoms with Gasteiger partial charge in [-0.1, -0.05) is 12.1 Å². The third kappa shape index (κ3) is 4.33. The quantitative estimate of drug-likeness (QED) is 0.687. The lowest BCUT2D eigenvalue weighted by atomic mass is 10.1. The predicted octanol–water partition coefficient (Wildman–Crippen LogP) is 4.35. The standard InChI is InChI=1S/C19H15F4N3O/c1-12-10-24-26(11-12)16-8-4-14(5-9-16)18(27)25-17(19(21,22)23)13-2-6-15(20)7-3-13/h2-11,17H,1H3,(H,25,27). The maximum Gasteiger partial charge on any atom is 0.412 e. The van der Waals surface area contributed by atoms with E-state index in [4.69, 9.17) is 0 Å². The summed E-state index contributed by atoms with van der Waals surface area (Å²) in [5.41, 5.74) is 1.44. The van der Waals surface area contributed by atoms with Crippen LogP contribution in [-0.4, -0.2) is 21.9 Å². The summed E-state index contributed by atoms with van der Waals surface area (Å²) in [5.74, 6) is -1.54. The molecule has 27 heavy (non-hydrogen) atoms. The molecule has 1 atom stereocenters. The lowest BCUT2D eigenvalue weighted by molar-refractivity contribution is -0.155. The maximum absolute atomic E-state index is 13.4. The van der Waals surface area contributed by atoms with Gasteiger partial charge < -0.3 is 5.32 Å². The Bertz CT molecular complexity index is 931. The summed E-state index contributed by atoms with van der Waals surface area (Å²) in [6, 6.07) is 7.60. The van der Waals surface area contributed by atoms with Gasteiger partial charge in [-0.25, -0.2) is 9.07 Å². The van der Waals surface area contributed by atoms with Crippen LogP contribution < -0.4 is 5.32 Å². The first-order chi connectivity index (χ1) is 12.7. The number of alkyl halides is 3. The molecular weight excluding hydrogens is 362 g/mol. The number of aromatic nitrogens is 2. The topological polar surface area (TPSA) is 46.9 Å². The van der Waals surface area contributed by atoms with E-state index in [-0.39, 0.29) is 11.1 Å². The molecule has 0 bridgehead atoms. The van der Waals surface area contributed by atoms with Gasteiger partial charge >= 0.3 is 6.18 Å². The summed E-state index contributed by atoms with van der Waals surface area (Å²) in [7, 11) is 0. The molecular formula is C19H15F4N3O. The molecule has 1 unspecified atom stereocenters. The average molecular weight is 377 g/mol. The van der Waals surface area contributed by atoms with Crippen LogP contribution in [0.15, 0.2) is 60.9 Å². The second kappa shape index (κ2) is 7.22. The van der Waals surface area contributed by atoms with E-state index in [9.17, 15) is 22.4 Å². The average Bonchev–Trinajstić information content (AvgIpc) is 3.06. The number of carbonyl (C=O) groups excluding carboxylic acids is 1. The lowest BCUT2D eigenvalue weighted by Crippen LogP contribution is -2.38. The van der Waals surface area contributed by atoms with Gasteiger partial charge in [0.05, 0.1) is 11.9 Å². The number of hydrogen-bond acceptors (Lipinski definition) is 2. The van der Waals surface area contributed by atoms with E-state index >= 15 is 0 Å². The molecule has 0 fully saturated rings. The van der Waals surface area contributed by atoms with Gasteiger partial charge in [0.15, 0.2) is 6.04 Å². The molecule has 0 aliphatic heterocycles. The van der Waals surface area contributed by atoms with E-state index in [1.165, 1.54) is 12.1 Å². The van der Waals surface area contributed by atoms with E-state index in [2.05, 4.69) is 5.10 Å². The molecule has 0 aliphatic carbocycles. The third-order valence-corrected chi connectivity index (χ3v) is 3.91. The van der Waals surface area contributed by atoms with Crippen LogP contribution in [-0.2, 0) is 0 Å². The Balaban J connectivity index is 1.80.